The van der Waals surface area contributed by atoms with E-state index in [1.165, 1.54) is 24.6 Å². The van der Waals surface area contributed by atoms with Gasteiger partial charge in [-0.3, -0.25) is 9.10 Å². The van der Waals surface area contributed by atoms with Crippen LogP contribution in [0.3, 0.4) is 0 Å². The molecule has 1 aliphatic rings. The molecule has 0 N–H and O–H groups in total. The third-order valence-corrected chi connectivity index (χ3v) is 8.19. The van der Waals surface area contributed by atoms with Gasteiger partial charge in [-0.15, -0.1) is 6.58 Å². The minimum atomic E-state index is -4.10. The van der Waals surface area contributed by atoms with Crippen LogP contribution in [0, 0.1) is 0 Å². The molecule has 0 atom stereocenters. The summed E-state index contributed by atoms with van der Waals surface area (Å²) in [6.45, 7) is 3.67. The molecule has 0 bridgehead atoms. The minimum Gasteiger partial charge on any atom is -0.339 e. The molecule has 5 nitrogen and oxygen atoms in total. The van der Waals surface area contributed by atoms with Crippen LogP contribution in [-0.2, 0) is 10.0 Å². The maximum absolute atomic E-state index is 13.6. The van der Waals surface area contributed by atoms with E-state index in [0.29, 0.717) is 5.69 Å². The Balaban J connectivity index is 2.00. The summed E-state index contributed by atoms with van der Waals surface area (Å²) in [5.74, 6) is -0.215. The zero-order chi connectivity index (χ0) is 22.6. The number of nitrogens with zero attached hydrogens (tertiary/aromatic N) is 2. The number of para-hydroxylation sites is 1. The second-order valence-corrected chi connectivity index (χ2v) is 10.3. The normalized spacial score (nSPS) is 14.8. The molecule has 0 aliphatic heterocycles. The van der Waals surface area contributed by atoms with Crippen LogP contribution in [0.1, 0.15) is 42.5 Å². The number of amides is 1. The zero-order valence-corrected chi connectivity index (χ0v) is 19.8. The fraction of sp³-hybridized carbons (Fsp3) is 0.348. The first kappa shape index (κ1) is 23.6. The lowest BCUT2D eigenvalue weighted by molar-refractivity contribution is 0.0696. The smallest absolute Gasteiger partial charge is 0.266 e. The van der Waals surface area contributed by atoms with Crippen LogP contribution in [0.15, 0.2) is 60.0 Å². The van der Waals surface area contributed by atoms with Crippen molar-refractivity contribution < 1.29 is 13.2 Å². The standard InChI is InChI=1S/C23H26Cl2N2O3S/c1-3-15-27(21-12-8-7-11-19(21)24)31(29,30)22-16-17(13-14-20(22)25)23(28)26(2)18-9-5-4-6-10-18/h3,7-8,11-14,16,18H,1,4-6,9-10,15H2,2H3. The molecule has 2 aromatic carbocycles. The molecule has 0 saturated heterocycles. The Morgan fingerprint density at radius 3 is 2.42 bits per heavy atom. The number of halogens is 2. The first-order valence-electron chi connectivity index (χ1n) is 10.2. The fourth-order valence-corrected chi connectivity index (χ4v) is 6.13. The van der Waals surface area contributed by atoms with Gasteiger partial charge in [0.05, 0.1) is 22.3 Å². The van der Waals surface area contributed by atoms with Crippen molar-refractivity contribution in [1.29, 1.82) is 0 Å². The van der Waals surface area contributed by atoms with E-state index in [1.807, 2.05) is 0 Å². The van der Waals surface area contributed by atoms with Gasteiger partial charge in [0.2, 0.25) is 0 Å². The topological polar surface area (TPSA) is 57.7 Å². The molecule has 0 aromatic heterocycles. The van der Waals surface area contributed by atoms with Crippen molar-refractivity contribution in [2.75, 3.05) is 17.9 Å². The van der Waals surface area contributed by atoms with Crippen LogP contribution in [0.4, 0.5) is 5.69 Å². The summed E-state index contributed by atoms with van der Waals surface area (Å²) in [5, 5.41) is 0.325. The third kappa shape index (κ3) is 5.08. The van der Waals surface area contributed by atoms with E-state index in [2.05, 4.69) is 6.58 Å². The molecule has 31 heavy (non-hydrogen) atoms. The first-order chi connectivity index (χ1) is 14.8. The highest BCUT2D eigenvalue weighted by Gasteiger charge is 2.30. The largest absolute Gasteiger partial charge is 0.339 e. The average Bonchev–Trinajstić information content (AvgIpc) is 2.78. The Morgan fingerprint density at radius 2 is 1.77 bits per heavy atom. The monoisotopic (exact) mass is 480 g/mol. The summed E-state index contributed by atoms with van der Waals surface area (Å²) in [7, 11) is -2.33. The zero-order valence-electron chi connectivity index (χ0n) is 17.4. The molecule has 8 heteroatoms. The van der Waals surface area contributed by atoms with Crippen molar-refractivity contribution >= 4 is 44.8 Å². The number of rotatable bonds is 7. The predicted molar refractivity (Wildman–Crippen MR) is 127 cm³/mol. The second-order valence-electron chi connectivity index (χ2n) is 7.63. The third-order valence-electron chi connectivity index (χ3n) is 5.61. The van der Waals surface area contributed by atoms with E-state index in [-0.39, 0.29) is 39.0 Å². The second kappa shape index (κ2) is 10.1. The Bertz CT molecular complexity index is 1070. The lowest BCUT2D eigenvalue weighted by atomic mass is 9.94. The van der Waals surface area contributed by atoms with E-state index in [9.17, 15) is 13.2 Å². The molecule has 166 valence electrons. The van der Waals surface area contributed by atoms with Crippen LogP contribution in [0.2, 0.25) is 10.0 Å². The summed E-state index contributed by atoms with van der Waals surface area (Å²) in [5.41, 5.74) is 0.602. The number of carbonyl (C=O) groups excluding carboxylic acids is 1. The van der Waals surface area contributed by atoms with Crippen LogP contribution in [0.5, 0.6) is 0 Å². The van der Waals surface area contributed by atoms with Gasteiger partial charge in [0.15, 0.2) is 0 Å². The van der Waals surface area contributed by atoms with Crippen molar-refractivity contribution in [3.05, 3.63) is 70.7 Å². The lowest BCUT2D eigenvalue weighted by Gasteiger charge is -2.31. The van der Waals surface area contributed by atoms with Gasteiger partial charge in [-0.05, 0) is 43.2 Å². The lowest BCUT2D eigenvalue weighted by Crippen LogP contribution is -2.38. The highest BCUT2D eigenvalue weighted by atomic mass is 35.5. The van der Waals surface area contributed by atoms with Gasteiger partial charge in [-0.25, -0.2) is 8.42 Å². The first-order valence-corrected chi connectivity index (χ1v) is 12.4. The molecule has 1 fully saturated rings. The molecule has 1 saturated carbocycles. The molecule has 0 radical (unpaired) electrons. The van der Waals surface area contributed by atoms with Crippen molar-refractivity contribution in [2.45, 2.75) is 43.0 Å². The highest BCUT2D eigenvalue weighted by Crippen LogP contribution is 2.33. The molecule has 3 rings (SSSR count). The Kier molecular flexibility index (Phi) is 7.68. The molecule has 0 spiro atoms. The van der Waals surface area contributed by atoms with E-state index in [0.717, 1.165) is 30.0 Å². The maximum Gasteiger partial charge on any atom is 0.266 e. The van der Waals surface area contributed by atoms with Crippen molar-refractivity contribution in [3.8, 4) is 0 Å². The van der Waals surface area contributed by atoms with Crippen molar-refractivity contribution in [2.24, 2.45) is 0 Å². The Hall–Kier alpha value is -2.02. The van der Waals surface area contributed by atoms with Crippen molar-refractivity contribution in [3.63, 3.8) is 0 Å². The molecular formula is C23H26Cl2N2O3S. The number of hydrogen-bond acceptors (Lipinski definition) is 3. The van der Waals surface area contributed by atoms with Gasteiger partial charge < -0.3 is 4.90 Å². The summed E-state index contributed by atoms with van der Waals surface area (Å²) in [4.78, 5) is 14.7. The Labute approximate surface area is 194 Å². The van der Waals surface area contributed by atoms with E-state index >= 15 is 0 Å². The summed E-state index contributed by atoms with van der Waals surface area (Å²) in [6, 6.07) is 11.2. The van der Waals surface area contributed by atoms with E-state index in [1.54, 1.807) is 42.3 Å². The molecule has 0 heterocycles. The Morgan fingerprint density at radius 1 is 1.10 bits per heavy atom. The van der Waals surface area contributed by atoms with Gasteiger partial charge in [0.25, 0.3) is 15.9 Å². The summed E-state index contributed by atoms with van der Waals surface area (Å²) < 4.78 is 28.2. The van der Waals surface area contributed by atoms with Gasteiger partial charge in [-0.2, -0.15) is 0 Å². The van der Waals surface area contributed by atoms with E-state index in [4.69, 9.17) is 23.2 Å². The number of anilines is 1. The fourth-order valence-electron chi connectivity index (χ4n) is 3.89. The summed E-state index contributed by atoms with van der Waals surface area (Å²) in [6.07, 6.45) is 6.76. The molecule has 1 amide bonds. The van der Waals surface area contributed by atoms with Gasteiger partial charge >= 0.3 is 0 Å². The highest BCUT2D eigenvalue weighted by molar-refractivity contribution is 7.93. The quantitative estimate of drug-likeness (QED) is 0.471. The summed E-state index contributed by atoms with van der Waals surface area (Å²) >= 11 is 12.6. The van der Waals surface area contributed by atoms with Crippen LogP contribution in [-0.4, -0.2) is 38.9 Å². The number of carbonyl (C=O) groups is 1. The van der Waals surface area contributed by atoms with Gasteiger partial charge in [0.1, 0.15) is 4.90 Å². The molecule has 0 unspecified atom stereocenters. The molecule has 1 aliphatic carbocycles. The van der Waals surface area contributed by atoms with Gasteiger partial charge in [-0.1, -0.05) is 60.7 Å². The minimum absolute atomic E-state index is 0.00253. The molecule has 2 aromatic rings. The number of sulfonamides is 1. The molecular weight excluding hydrogens is 455 g/mol. The average molecular weight is 481 g/mol. The maximum atomic E-state index is 13.6. The number of hydrogen-bond donors (Lipinski definition) is 0. The van der Waals surface area contributed by atoms with E-state index < -0.39 is 10.0 Å². The van der Waals surface area contributed by atoms with Crippen LogP contribution >= 0.6 is 23.2 Å². The van der Waals surface area contributed by atoms with Gasteiger partial charge in [0, 0.05) is 18.7 Å². The van der Waals surface area contributed by atoms with Crippen LogP contribution < -0.4 is 4.31 Å². The van der Waals surface area contributed by atoms with Crippen LogP contribution in [0.25, 0.3) is 0 Å². The van der Waals surface area contributed by atoms with Crippen molar-refractivity contribution in [1.82, 2.24) is 4.90 Å². The SMILES string of the molecule is C=CCN(c1ccccc1Cl)S(=O)(=O)c1cc(C(=O)N(C)C2CCCCC2)ccc1Cl. The predicted octanol–water partition coefficient (Wildman–Crippen LogP) is 5.78. The number of benzene rings is 2.